The van der Waals surface area contributed by atoms with Crippen molar-refractivity contribution in [2.24, 2.45) is 5.73 Å². The third kappa shape index (κ3) is 3.96. The number of benzene rings is 1. The minimum atomic E-state index is -0.574. The zero-order valence-electron chi connectivity index (χ0n) is 11.2. The van der Waals surface area contributed by atoms with E-state index >= 15 is 0 Å². The van der Waals surface area contributed by atoms with Gasteiger partial charge in [-0.25, -0.2) is 0 Å². The molecular weight excluding hydrogens is 258 g/mol. The molecule has 1 aliphatic heterocycles. The number of amides is 2. The van der Waals surface area contributed by atoms with E-state index in [2.05, 4.69) is 10.6 Å². The molecule has 2 rings (SSSR count). The van der Waals surface area contributed by atoms with Gasteiger partial charge in [-0.1, -0.05) is 12.1 Å². The lowest BCUT2D eigenvalue weighted by molar-refractivity contribution is -0.119. The van der Waals surface area contributed by atoms with Crippen molar-refractivity contribution in [2.75, 3.05) is 19.7 Å². The lowest BCUT2D eigenvalue weighted by atomic mass is 10.1. The molecule has 1 atom stereocenters. The summed E-state index contributed by atoms with van der Waals surface area (Å²) in [5, 5.41) is 6.18. The van der Waals surface area contributed by atoms with E-state index in [-0.39, 0.29) is 12.5 Å². The fourth-order valence-electron chi connectivity index (χ4n) is 2.17. The highest BCUT2D eigenvalue weighted by molar-refractivity contribution is 5.97. The number of carbonyl (C=O) groups excluding carboxylic acids is 2. The first-order chi connectivity index (χ1) is 9.66. The first kappa shape index (κ1) is 14.3. The van der Waals surface area contributed by atoms with Crippen LogP contribution in [-0.2, 0) is 4.79 Å². The van der Waals surface area contributed by atoms with Crippen molar-refractivity contribution in [3.05, 3.63) is 29.8 Å². The number of rotatable bonds is 6. The van der Waals surface area contributed by atoms with Gasteiger partial charge in [-0.3, -0.25) is 9.59 Å². The lowest BCUT2D eigenvalue weighted by Gasteiger charge is -2.13. The smallest absolute Gasteiger partial charge is 0.255 e. The highest BCUT2D eigenvalue weighted by Crippen LogP contribution is 2.17. The third-order valence-corrected chi connectivity index (χ3v) is 3.17. The molecule has 6 nitrogen and oxygen atoms in total. The van der Waals surface area contributed by atoms with Crippen LogP contribution in [0.2, 0.25) is 0 Å². The van der Waals surface area contributed by atoms with Gasteiger partial charge < -0.3 is 21.1 Å². The lowest BCUT2D eigenvalue weighted by Crippen LogP contribution is -2.37. The molecule has 1 fully saturated rings. The number of carbonyl (C=O) groups is 2. The molecule has 0 bridgehead atoms. The molecule has 0 aliphatic carbocycles. The van der Waals surface area contributed by atoms with Crippen LogP contribution in [0.1, 0.15) is 23.2 Å². The average molecular weight is 277 g/mol. The topological polar surface area (TPSA) is 93.5 Å². The van der Waals surface area contributed by atoms with Gasteiger partial charge in [0.1, 0.15) is 5.75 Å². The van der Waals surface area contributed by atoms with Gasteiger partial charge in [-0.2, -0.15) is 0 Å². The van der Waals surface area contributed by atoms with Gasteiger partial charge in [0.2, 0.25) is 0 Å². The Morgan fingerprint density at radius 2 is 2.20 bits per heavy atom. The van der Waals surface area contributed by atoms with Crippen LogP contribution < -0.4 is 21.1 Å². The Morgan fingerprint density at radius 1 is 1.40 bits per heavy atom. The first-order valence-electron chi connectivity index (χ1n) is 6.68. The third-order valence-electron chi connectivity index (χ3n) is 3.17. The molecule has 20 heavy (non-hydrogen) atoms. The van der Waals surface area contributed by atoms with Crippen molar-refractivity contribution in [1.82, 2.24) is 10.6 Å². The molecule has 1 aromatic rings. The minimum Gasteiger partial charge on any atom is -0.483 e. The number of primary amides is 1. The van der Waals surface area contributed by atoms with Crippen molar-refractivity contribution in [3.8, 4) is 5.75 Å². The summed E-state index contributed by atoms with van der Waals surface area (Å²) in [5.41, 5.74) is 5.44. The van der Waals surface area contributed by atoms with E-state index in [0.717, 1.165) is 19.4 Å². The fraction of sp³-hybridized carbons (Fsp3) is 0.429. The quantitative estimate of drug-likeness (QED) is 0.684. The van der Waals surface area contributed by atoms with E-state index in [4.69, 9.17) is 10.5 Å². The number of hydrogen-bond donors (Lipinski definition) is 3. The number of nitrogens with one attached hydrogen (secondary N) is 2. The Kier molecular flexibility index (Phi) is 4.95. The fourth-order valence-corrected chi connectivity index (χ4v) is 2.17. The van der Waals surface area contributed by atoms with Crippen molar-refractivity contribution >= 4 is 11.8 Å². The predicted molar refractivity (Wildman–Crippen MR) is 74.5 cm³/mol. The zero-order chi connectivity index (χ0) is 14.4. The Hall–Kier alpha value is -2.08. The van der Waals surface area contributed by atoms with Crippen LogP contribution in [0.15, 0.2) is 24.3 Å². The zero-order valence-corrected chi connectivity index (χ0v) is 11.2. The normalized spacial score (nSPS) is 17.7. The van der Waals surface area contributed by atoms with Gasteiger partial charge in [-0.05, 0) is 31.5 Å². The maximum Gasteiger partial charge on any atom is 0.255 e. The summed E-state index contributed by atoms with van der Waals surface area (Å²) < 4.78 is 5.24. The van der Waals surface area contributed by atoms with Crippen molar-refractivity contribution in [3.63, 3.8) is 0 Å². The molecule has 1 aliphatic rings. The van der Waals surface area contributed by atoms with Crippen LogP contribution in [0.4, 0.5) is 0 Å². The van der Waals surface area contributed by atoms with Gasteiger partial charge in [0.05, 0.1) is 5.56 Å². The second-order valence-electron chi connectivity index (χ2n) is 4.75. The molecule has 0 aromatic heterocycles. The second-order valence-corrected chi connectivity index (χ2v) is 4.75. The highest BCUT2D eigenvalue weighted by atomic mass is 16.5. The molecule has 0 spiro atoms. The molecule has 1 aromatic carbocycles. The maximum absolute atomic E-state index is 12.1. The highest BCUT2D eigenvalue weighted by Gasteiger charge is 2.17. The van der Waals surface area contributed by atoms with Gasteiger partial charge in [-0.15, -0.1) is 0 Å². The second kappa shape index (κ2) is 6.91. The van der Waals surface area contributed by atoms with Gasteiger partial charge in [0.15, 0.2) is 6.61 Å². The maximum atomic E-state index is 12.1. The number of hydrogen-bond acceptors (Lipinski definition) is 4. The van der Waals surface area contributed by atoms with Crippen LogP contribution in [-0.4, -0.2) is 37.6 Å². The average Bonchev–Trinajstić information content (AvgIpc) is 2.96. The minimum absolute atomic E-state index is 0.209. The molecule has 108 valence electrons. The van der Waals surface area contributed by atoms with Gasteiger partial charge in [0.25, 0.3) is 11.8 Å². The molecule has 4 N–H and O–H groups in total. The molecule has 1 unspecified atom stereocenters. The molecule has 6 heteroatoms. The molecule has 0 radical (unpaired) electrons. The molecule has 1 heterocycles. The standard InChI is InChI=1S/C14H19N3O3/c15-13(18)9-20-12-6-2-1-5-11(12)14(19)17-8-10-4-3-7-16-10/h1-2,5-6,10,16H,3-4,7-9H2,(H2,15,18)(H,17,19). The van der Waals surface area contributed by atoms with E-state index in [1.165, 1.54) is 0 Å². The number of ether oxygens (including phenoxy) is 1. The molecule has 2 amide bonds. The van der Waals surface area contributed by atoms with Crippen LogP contribution in [0, 0.1) is 0 Å². The largest absolute Gasteiger partial charge is 0.483 e. The summed E-state index contributed by atoms with van der Waals surface area (Å²) in [4.78, 5) is 22.9. The van der Waals surface area contributed by atoms with Gasteiger partial charge in [0, 0.05) is 12.6 Å². The van der Waals surface area contributed by atoms with Crippen LogP contribution in [0.3, 0.4) is 0 Å². The van der Waals surface area contributed by atoms with E-state index in [0.29, 0.717) is 23.9 Å². The van der Waals surface area contributed by atoms with Crippen LogP contribution in [0.25, 0.3) is 0 Å². The summed E-state index contributed by atoms with van der Waals surface area (Å²) in [5.74, 6) is -0.419. The number of para-hydroxylation sites is 1. The predicted octanol–water partition coefficient (Wildman–Crippen LogP) is 0.0325. The number of nitrogens with two attached hydrogens (primary N) is 1. The molecular formula is C14H19N3O3. The summed E-state index contributed by atoms with van der Waals surface area (Å²) >= 11 is 0. The van der Waals surface area contributed by atoms with E-state index in [1.54, 1.807) is 24.3 Å². The Balaban J connectivity index is 1.95. The summed E-state index contributed by atoms with van der Waals surface area (Å²) in [6.07, 6.45) is 2.21. The van der Waals surface area contributed by atoms with E-state index in [9.17, 15) is 9.59 Å². The van der Waals surface area contributed by atoms with Crippen molar-refractivity contribution in [2.45, 2.75) is 18.9 Å². The van der Waals surface area contributed by atoms with Crippen molar-refractivity contribution < 1.29 is 14.3 Å². The Bertz CT molecular complexity index is 484. The monoisotopic (exact) mass is 277 g/mol. The van der Waals surface area contributed by atoms with E-state index < -0.39 is 5.91 Å². The van der Waals surface area contributed by atoms with Gasteiger partial charge >= 0.3 is 0 Å². The van der Waals surface area contributed by atoms with E-state index in [1.807, 2.05) is 0 Å². The SMILES string of the molecule is NC(=O)COc1ccccc1C(=O)NCC1CCCN1. The molecule has 1 saturated heterocycles. The summed E-state index contributed by atoms with van der Waals surface area (Å²) in [7, 11) is 0. The summed E-state index contributed by atoms with van der Waals surface area (Å²) in [6, 6.07) is 7.13. The Labute approximate surface area is 117 Å². The van der Waals surface area contributed by atoms with Crippen molar-refractivity contribution in [1.29, 1.82) is 0 Å². The Morgan fingerprint density at radius 3 is 2.90 bits per heavy atom. The molecule has 0 saturated carbocycles. The first-order valence-corrected chi connectivity index (χ1v) is 6.68. The van der Waals surface area contributed by atoms with Crippen LogP contribution >= 0.6 is 0 Å². The summed E-state index contributed by atoms with van der Waals surface area (Å²) in [6.45, 7) is 1.34. The van der Waals surface area contributed by atoms with Crippen LogP contribution in [0.5, 0.6) is 5.75 Å².